The number of benzene rings is 2. The van der Waals surface area contributed by atoms with Crippen molar-refractivity contribution in [2.75, 3.05) is 0 Å². The fraction of sp³-hybridized carbons (Fsp3) is 0.258. The Labute approximate surface area is 242 Å². The number of pyridine rings is 1. The number of aliphatic imine (C=N–C) groups is 2. The molecule has 0 saturated heterocycles. The van der Waals surface area contributed by atoms with Crippen LogP contribution in [0.25, 0.3) is 12.2 Å². The molecule has 1 aromatic heterocycles. The topological polar surface area (TPSA) is 37.6 Å². The van der Waals surface area contributed by atoms with Gasteiger partial charge in [-0.25, -0.2) is 4.98 Å². The van der Waals surface area contributed by atoms with Gasteiger partial charge in [0.1, 0.15) is 0 Å². The van der Waals surface area contributed by atoms with E-state index in [9.17, 15) is 0 Å². The molecule has 0 aliphatic rings. The molecule has 0 N–H and O–H groups in total. The van der Waals surface area contributed by atoms with E-state index in [0.717, 1.165) is 56.7 Å². The summed E-state index contributed by atoms with van der Waals surface area (Å²) in [7, 11) is 0. The number of hydrogen-bond donors (Lipinski definition) is 0. The first-order chi connectivity index (χ1) is 17.7. The molecule has 0 saturated carbocycles. The van der Waals surface area contributed by atoms with Crippen LogP contribution in [-0.2, 0) is 11.3 Å². The molecule has 0 spiro atoms. The van der Waals surface area contributed by atoms with E-state index in [0.29, 0.717) is 11.8 Å². The summed E-state index contributed by atoms with van der Waals surface area (Å²) in [5, 5.41) is 0. The number of nitrogens with zero attached hydrogens (tertiary/aromatic N) is 3. The van der Waals surface area contributed by atoms with Crippen LogP contribution in [0.3, 0.4) is 0 Å². The fourth-order valence-corrected chi connectivity index (χ4v) is 4.05. The van der Waals surface area contributed by atoms with Gasteiger partial charge in [0.05, 0.1) is 34.2 Å². The van der Waals surface area contributed by atoms with Gasteiger partial charge in [-0.2, -0.15) is 0 Å². The van der Waals surface area contributed by atoms with E-state index < -0.39 is 0 Å². The predicted octanol–water partition coefficient (Wildman–Crippen LogP) is 10.6. The van der Waals surface area contributed by atoms with Crippen LogP contribution in [0.5, 0.6) is 0 Å². The van der Waals surface area contributed by atoms with Crippen LogP contribution < -0.4 is 0 Å². The first kappa shape index (κ1) is 31.1. The number of halogens is 2. The minimum absolute atomic E-state index is 0.332. The monoisotopic (exact) mass is 663 g/mol. The van der Waals surface area contributed by atoms with Crippen molar-refractivity contribution in [2.24, 2.45) is 9.98 Å². The van der Waals surface area contributed by atoms with Crippen molar-refractivity contribution < 1.29 is 11.3 Å². The summed E-state index contributed by atoms with van der Waals surface area (Å²) in [6, 6.07) is 18.4. The molecular formula is C31H35Br2FeN3. The third-order valence-electron chi connectivity index (χ3n) is 5.87. The Bertz CT molecular complexity index is 1290. The average molecular weight is 665 g/mol. The summed E-state index contributed by atoms with van der Waals surface area (Å²) in [5.41, 5.74) is 10.0. The Morgan fingerprint density at radius 3 is 1.97 bits per heavy atom. The zero-order valence-electron chi connectivity index (χ0n) is 22.4. The SMILES string of the molecule is C=Cc1cccc(N=C(C)c2cccc(C(C)=Nc3c(C(C)C)ccc(C=C)c3C(C)C)n2)c1.[Br][Fe][Br]. The molecule has 0 bridgehead atoms. The minimum atomic E-state index is 0.332. The van der Waals surface area contributed by atoms with Crippen LogP contribution in [0.4, 0.5) is 11.4 Å². The van der Waals surface area contributed by atoms with Crippen molar-refractivity contribution in [2.45, 2.75) is 53.4 Å². The second-order valence-corrected chi connectivity index (χ2v) is 14.7. The third kappa shape index (κ3) is 8.71. The Morgan fingerprint density at radius 1 is 0.838 bits per heavy atom. The maximum atomic E-state index is 5.14. The zero-order chi connectivity index (χ0) is 27.5. The van der Waals surface area contributed by atoms with E-state index in [4.69, 9.17) is 15.0 Å². The van der Waals surface area contributed by atoms with Gasteiger partial charge in [0.15, 0.2) is 0 Å². The summed E-state index contributed by atoms with van der Waals surface area (Å²) in [4.78, 5) is 14.8. The maximum absolute atomic E-state index is 5.14. The van der Waals surface area contributed by atoms with E-state index in [1.807, 2.05) is 68.5 Å². The molecule has 0 aliphatic carbocycles. The van der Waals surface area contributed by atoms with Crippen molar-refractivity contribution >= 4 is 63.2 Å². The van der Waals surface area contributed by atoms with Crippen LogP contribution in [0.2, 0.25) is 0 Å². The molecule has 6 heteroatoms. The van der Waals surface area contributed by atoms with Crippen LogP contribution in [-0.4, -0.2) is 16.4 Å². The van der Waals surface area contributed by atoms with Gasteiger partial charge in [0.25, 0.3) is 0 Å². The summed E-state index contributed by atoms with van der Waals surface area (Å²) >= 11 is 7.00. The quantitative estimate of drug-likeness (QED) is 0.174. The first-order valence-corrected chi connectivity index (χ1v) is 17.6. The molecule has 0 radical (unpaired) electrons. The molecule has 0 atom stereocenters. The molecule has 3 aromatic rings. The van der Waals surface area contributed by atoms with Gasteiger partial charge in [0.2, 0.25) is 0 Å². The second-order valence-electron chi connectivity index (χ2n) is 9.17. The molecule has 3 nitrogen and oxygen atoms in total. The van der Waals surface area contributed by atoms with Gasteiger partial charge in [-0.15, -0.1) is 0 Å². The van der Waals surface area contributed by atoms with Gasteiger partial charge >= 0.3 is 39.6 Å². The van der Waals surface area contributed by atoms with Crippen molar-refractivity contribution in [3.63, 3.8) is 0 Å². The van der Waals surface area contributed by atoms with Gasteiger partial charge in [-0.3, -0.25) is 9.98 Å². The molecule has 3 rings (SSSR count). The Morgan fingerprint density at radius 2 is 1.43 bits per heavy atom. The van der Waals surface area contributed by atoms with Crippen LogP contribution >= 0.6 is 28.2 Å². The third-order valence-corrected chi connectivity index (χ3v) is 5.87. The summed E-state index contributed by atoms with van der Waals surface area (Å²) < 4.78 is 0. The van der Waals surface area contributed by atoms with Crippen molar-refractivity contribution in [3.8, 4) is 0 Å². The zero-order valence-corrected chi connectivity index (χ0v) is 26.6. The van der Waals surface area contributed by atoms with Crippen LogP contribution in [0, 0.1) is 0 Å². The molecule has 0 unspecified atom stereocenters. The number of rotatable bonds is 8. The molecule has 0 amide bonds. The predicted molar refractivity (Wildman–Crippen MR) is 167 cm³/mol. The summed E-state index contributed by atoms with van der Waals surface area (Å²) in [6.07, 6.45) is 3.75. The van der Waals surface area contributed by atoms with Gasteiger partial charge in [0, 0.05) is 0 Å². The van der Waals surface area contributed by atoms with E-state index in [-0.39, 0.29) is 0 Å². The van der Waals surface area contributed by atoms with E-state index in [1.54, 1.807) is 0 Å². The average Bonchev–Trinajstić information content (AvgIpc) is 2.88. The van der Waals surface area contributed by atoms with E-state index in [2.05, 4.69) is 81.2 Å². The Kier molecular flexibility index (Phi) is 12.9. The van der Waals surface area contributed by atoms with Crippen molar-refractivity contribution in [1.82, 2.24) is 4.98 Å². The molecule has 0 aliphatic heterocycles. The van der Waals surface area contributed by atoms with Gasteiger partial charge in [-0.05, 0) is 72.2 Å². The van der Waals surface area contributed by atoms with Gasteiger partial charge in [-0.1, -0.05) is 83.3 Å². The number of aromatic nitrogens is 1. The van der Waals surface area contributed by atoms with E-state index in [1.165, 1.54) is 11.1 Å². The van der Waals surface area contributed by atoms with Crippen LogP contribution in [0.1, 0.15) is 87.0 Å². The summed E-state index contributed by atoms with van der Waals surface area (Å²) in [6.45, 7) is 20.7. The molecule has 37 heavy (non-hydrogen) atoms. The van der Waals surface area contributed by atoms with Crippen molar-refractivity contribution in [1.29, 1.82) is 0 Å². The molecule has 2 aromatic carbocycles. The normalized spacial score (nSPS) is 11.9. The molecule has 1 heterocycles. The number of hydrogen-bond acceptors (Lipinski definition) is 3. The standard InChI is InChI=1S/C31H35N3.2BrH.Fe/c1-9-24-13-11-14-26(19-24)32-22(7)28-15-12-16-29(34-28)23(8)33-31-27(20(3)4)18-17-25(10-2)30(31)21(5)6;;;/h9-21H,1-2H2,3-8H3;2*1H;/q;;;+2/p-2. The molecule has 196 valence electrons. The summed E-state index contributed by atoms with van der Waals surface area (Å²) in [5.74, 6) is 0.696. The first-order valence-electron chi connectivity index (χ1n) is 12.1. The van der Waals surface area contributed by atoms with Gasteiger partial charge < -0.3 is 0 Å². The molecule has 0 fully saturated rings. The van der Waals surface area contributed by atoms with Crippen LogP contribution in [0.15, 0.2) is 77.7 Å². The fourth-order valence-electron chi connectivity index (χ4n) is 4.05. The Hall–Kier alpha value is -2.11. The molecular weight excluding hydrogens is 630 g/mol. The van der Waals surface area contributed by atoms with Crippen molar-refractivity contribution in [3.05, 3.63) is 101 Å². The van der Waals surface area contributed by atoms with E-state index >= 15 is 0 Å². The Balaban J connectivity index is 0.00000153. The second kappa shape index (κ2) is 15.3.